The minimum Gasteiger partial charge on any atom is -0.387 e. The molecular weight excluding hydrogens is 478 g/mol. The van der Waals surface area contributed by atoms with Gasteiger partial charge in [-0.2, -0.15) is 9.41 Å². The Labute approximate surface area is 178 Å². The van der Waals surface area contributed by atoms with Gasteiger partial charge in [-0.3, -0.25) is 23.1 Å². The first-order chi connectivity index (χ1) is 14.8. The molecule has 5 N–H and O–H groups in total. The van der Waals surface area contributed by atoms with Gasteiger partial charge in [-0.25, -0.2) is 13.9 Å². The SMILES string of the molecule is Cn1ccc(Cn2c(=O)ccn([C@@H]3O[C@H](COP(=O)(O)OP(=O)(O)O)C(O)[C@@H]3O)c2=O)n1. The van der Waals surface area contributed by atoms with Gasteiger partial charge in [-0.05, 0) is 6.07 Å². The first kappa shape index (κ1) is 24.7. The normalized spacial score (nSPS) is 25.7. The van der Waals surface area contributed by atoms with Gasteiger partial charge in [0.05, 0.1) is 18.8 Å². The van der Waals surface area contributed by atoms with Crippen LogP contribution in [0.15, 0.2) is 34.1 Å². The van der Waals surface area contributed by atoms with Gasteiger partial charge in [-0.15, -0.1) is 0 Å². The van der Waals surface area contributed by atoms with Crippen LogP contribution in [0.2, 0.25) is 0 Å². The lowest BCUT2D eigenvalue weighted by molar-refractivity contribution is -0.0547. The number of aryl methyl sites for hydroxylation is 1. The van der Waals surface area contributed by atoms with Crippen LogP contribution < -0.4 is 11.2 Å². The van der Waals surface area contributed by atoms with Crippen molar-refractivity contribution in [3.63, 3.8) is 0 Å². The Bertz CT molecular complexity index is 1180. The summed E-state index contributed by atoms with van der Waals surface area (Å²) in [7, 11) is -8.93. The van der Waals surface area contributed by atoms with E-state index in [0.29, 0.717) is 5.69 Å². The highest BCUT2D eigenvalue weighted by Crippen LogP contribution is 2.57. The number of aromatic nitrogens is 4. The van der Waals surface area contributed by atoms with Gasteiger partial charge in [0, 0.05) is 25.5 Å². The number of aliphatic hydroxyl groups is 2. The van der Waals surface area contributed by atoms with Gasteiger partial charge < -0.3 is 29.6 Å². The van der Waals surface area contributed by atoms with Crippen molar-refractivity contribution in [2.45, 2.75) is 31.1 Å². The Morgan fingerprint density at radius 2 is 1.81 bits per heavy atom. The molecule has 18 heteroatoms. The second kappa shape index (κ2) is 9.11. The van der Waals surface area contributed by atoms with Gasteiger partial charge in [0.1, 0.15) is 18.3 Å². The van der Waals surface area contributed by atoms with E-state index in [1.54, 1.807) is 19.3 Å². The number of hydrogen-bond acceptors (Lipinski definition) is 10. The van der Waals surface area contributed by atoms with Crippen LogP contribution in [0, 0.1) is 0 Å². The molecule has 5 atom stereocenters. The van der Waals surface area contributed by atoms with Crippen molar-refractivity contribution >= 4 is 15.6 Å². The summed E-state index contributed by atoms with van der Waals surface area (Å²) < 4.78 is 38.7. The third-order valence-electron chi connectivity index (χ3n) is 4.41. The topological polar surface area (TPSA) is 225 Å². The molecule has 2 aromatic heterocycles. The van der Waals surface area contributed by atoms with E-state index in [-0.39, 0.29) is 6.54 Å². The van der Waals surface area contributed by atoms with Crippen molar-refractivity contribution in [1.82, 2.24) is 18.9 Å². The van der Waals surface area contributed by atoms with E-state index >= 15 is 0 Å². The van der Waals surface area contributed by atoms with E-state index in [1.165, 1.54) is 4.68 Å². The molecule has 1 aliphatic heterocycles. The lowest BCUT2D eigenvalue weighted by Crippen LogP contribution is -2.43. The predicted molar refractivity (Wildman–Crippen MR) is 102 cm³/mol. The Morgan fingerprint density at radius 3 is 2.41 bits per heavy atom. The van der Waals surface area contributed by atoms with E-state index < -0.39 is 58.0 Å². The van der Waals surface area contributed by atoms with Crippen LogP contribution in [0.5, 0.6) is 0 Å². The molecule has 0 aliphatic carbocycles. The highest BCUT2D eigenvalue weighted by Gasteiger charge is 2.46. The summed E-state index contributed by atoms with van der Waals surface area (Å²) in [5, 5.41) is 24.5. The van der Waals surface area contributed by atoms with Crippen molar-refractivity contribution in [3.8, 4) is 0 Å². The predicted octanol–water partition coefficient (Wildman–Crippen LogP) is -2.36. The number of phosphoric ester groups is 1. The number of ether oxygens (including phenoxy) is 1. The lowest BCUT2D eigenvalue weighted by atomic mass is 10.1. The molecule has 1 saturated heterocycles. The van der Waals surface area contributed by atoms with Gasteiger partial charge in [0.2, 0.25) is 0 Å². The molecule has 0 amide bonds. The van der Waals surface area contributed by atoms with Crippen LogP contribution in [-0.2, 0) is 36.3 Å². The first-order valence-electron chi connectivity index (χ1n) is 8.84. The first-order valence-corrected chi connectivity index (χ1v) is 11.9. The minimum absolute atomic E-state index is 0.176. The van der Waals surface area contributed by atoms with Gasteiger partial charge in [-0.1, -0.05) is 0 Å². The zero-order valence-electron chi connectivity index (χ0n) is 16.3. The van der Waals surface area contributed by atoms with Crippen molar-refractivity contribution in [1.29, 1.82) is 0 Å². The summed E-state index contributed by atoms with van der Waals surface area (Å²) in [5.41, 5.74) is -1.13. The third kappa shape index (κ3) is 5.68. The molecule has 0 radical (unpaired) electrons. The number of hydrogen-bond donors (Lipinski definition) is 5. The summed E-state index contributed by atoms with van der Waals surface area (Å²) in [6, 6.07) is 2.63. The molecular formula is C14H20N4O12P2. The van der Waals surface area contributed by atoms with Crippen LogP contribution in [0.1, 0.15) is 11.9 Å². The standard InChI is InChI=1S/C14H20N4O12P2/c1-16-4-2-8(15-16)6-18-10(19)3-5-17(14(18)22)13-12(21)11(20)9(29-13)7-28-32(26,27)30-31(23,24)25/h2-5,9,11-13,20-21H,6-7H2,1H3,(H,26,27)(H2,23,24,25)/t9-,11?,12+,13-/m1/s1. The molecule has 2 aromatic rings. The molecule has 1 fully saturated rings. The molecule has 2 unspecified atom stereocenters. The molecule has 0 spiro atoms. The summed E-state index contributed by atoms with van der Waals surface area (Å²) in [5.74, 6) is 0. The fourth-order valence-corrected chi connectivity index (χ4v) is 4.60. The van der Waals surface area contributed by atoms with Crippen molar-refractivity contribution in [2.75, 3.05) is 6.61 Å². The fourth-order valence-electron chi connectivity index (χ4n) is 3.00. The Hall–Kier alpha value is -1.97. The summed E-state index contributed by atoms with van der Waals surface area (Å²) >= 11 is 0. The Balaban J connectivity index is 1.79. The third-order valence-corrected chi connectivity index (χ3v) is 6.56. The van der Waals surface area contributed by atoms with Crippen LogP contribution in [0.25, 0.3) is 0 Å². The molecule has 178 valence electrons. The van der Waals surface area contributed by atoms with Crippen LogP contribution in [0.4, 0.5) is 0 Å². The fraction of sp³-hybridized carbons (Fsp3) is 0.500. The largest absolute Gasteiger partial charge is 0.481 e. The summed E-state index contributed by atoms with van der Waals surface area (Å²) in [6.45, 7) is -1.10. The van der Waals surface area contributed by atoms with Crippen LogP contribution >= 0.6 is 15.6 Å². The van der Waals surface area contributed by atoms with E-state index in [0.717, 1.165) is 21.4 Å². The minimum atomic E-state index is -5.36. The Morgan fingerprint density at radius 1 is 1.12 bits per heavy atom. The van der Waals surface area contributed by atoms with E-state index in [9.17, 15) is 33.8 Å². The number of rotatable bonds is 8. The molecule has 0 saturated carbocycles. The lowest BCUT2D eigenvalue weighted by Gasteiger charge is -2.19. The maximum atomic E-state index is 12.8. The second-order valence-electron chi connectivity index (χ2n) is 6.79. The van der Waals surface area contributed by atoms with E-state index in [2.05, 4.69) is 13.9 Å². The monoisotopic (exact) mass is 498 g/mol. The van der Waals surface area contributed by atoms with E-state index in [4.69, 9.17) is 14.5 Å². The number of nitrogens with zero attached hydrogens (tertiary/aromatic N) is 4. The van der Waals surface area contributed by atoms with Crippen molar-refractivity contribution in [2.24, 2.45) is 7.05 Å². The molecule has 3 rings (SSSR count). The maximum Gasteiger partial charge on any atom is 0.481 e. The summed E-state index contributed by atoms with van der Waals surface area (Å²) in [6.07, 6.45) is -3.79. The molecule has 16 nitrogen and oxygen atoms in total. The molecule has 1 aliphatic rings. The van der Waals surface area contributed by atoms with Crippen LogP contribution in [-0.4, -0.2) is 68.7 Å². The van der Waals surface area contributed by atoms with Gasteiger partial charge in [0.15, 0.2) is 6.23 Å². The Kier molecular flexibility index (Phi) is 7.02. The molecule has 0 aromatic carbocycles. The zero-order valence-corrected chi connectivity index (χ0v) is 18.1. The molecule has 32 heavy (non-hydrogen) atoms. The summed E-state index contributed by atoms with van der Waals surface area (Å²) in [4.78, 5) is 51.5. The van der Waals surface area contributed by atoms with Gasteiger partial charge >= 0.3 is 21.3 Å². The molecule has 0 bridgehead atoms. The van der Waals surface area contributed by atoms with Crippen molar-refractivity contribution in [3.05, 3.63) is 51.1 Å². The smallest absolute Gasteiger partial charge is 0.387 e. The van der Waals surface area contributed by atoms with Crippen molar-refractivity contribution < 1.29 is 47.6 Å². The van der Waals surface area contributed by atoms with E-state index in [1.807, 2.05) is 0 Å². The quantitative estimate of drug-likeness (QED) is 0.240. The number of phosphoric acid groups is 2. The highest BCUT2D eigenvalue weighted by molar-refractivity contribution is 7.60. The zero-order chi connectivity index (χ0) is 23.8. The average Bonchev–Trinajstić information content (AvgIpc) is 3.19. The molecule has 3 heterocycles. The highest BCUT2D eigenvalue weighted by atomic mass is 31.3. The van der Waals surface area contributed by atoms with Gasteiger partial charge in [0.25, 0.3) is 5.56 Å². The number of aliphatic hydroxyl groups excluding tert-OH is 2. The maximum absolute atomic E-state index is 12.8. The average molecular weight is 498 g/mol. The van der Waals surface area contributed by atoms with Crippen LogP contribution in [0.3, 0.4) is 0 Å². The second-order valence-corrected chi connectivity index (χ2v) is 9.62.